The second kappa shape index (κ2) is 5.87. The second-order valence-corrected chi connectivity index (χ2v) is 4.39. The molecule has 0 bridgehead atoms. The van der Waals surface area contributed by atoms with E-state index >= 15 is 0 Å². The van der Waals surface area contributed by atoms with Crippen LogP contribution in [0.4, 0.5) is 5.82 Å². The third kappa shape index (κ3) is 3.33. The average molecular weight is 254 g/mol. The molecule has 0 atom stereocenters. The minimum atomic E-state index is 0.331. The number of rotatable bonds is 5. The van der Waals surface area contributed by atoms with Gasteiger partial charge in [0.05, 0.1) is 13.3 Å². The predicted molar refractivity (Wildman–Crippen MR) is 68.6 cm³/mol. The Balaban J connectivity index is 1.89. The number of allylic oxidation sites excluding steroid dienone is 1. The van der Waals surface area contributed by atoms with E-state index in [1.54, 1.807) is 6.20 Å². The SMILES string of the molecule is COc1ncc(Cl)c(NCCC2=CCCC2)n1. The molecule has 0 amide bonds. The first-order valence-corrected chi connectivity index (χ1v) is 6.15. The highest BCUT2D eigenvalue weighted by molar-refractivity contribution is 6.32. The van der Waals surface area contributed by atoms with Gasteiger partial charge in [0.2, 0.25) is 0 Å². The number of hydrogen-bond donors (Lipinski definition) is 1. The van der Waals surface area contributed by atoms with E-state index in [0.29, 0.717) is 16.9 Å². The van der Waals surface area contributed by atoms with Crippen molar-refractivity contribution in [1.82, 2.24) is 9.97 Å². The van der Waals surface area contributed by atoms with Crippen LogP contribution in [0.5, 0.6) is 6.01 Å². The summed E-state index contributed by atoms with van der Waals surface area (Å²) >= 11 is 5.99. The van der Waals surface area contributed by atoms with Gasteiger partial charge in [-0.15, -0.1) is 0 Å². The number of anilines is 1. The lowest BCUT2D eigenvalue weighted by molar-refractivity contribution is 0.380. The van der Waals surface area contributed by atoms with Gasteiger partial charge in [0.25, 0.3) is 0 Å². The molecule has 0 aliphatic heterocycles. The lowest BCUT2D eigenvalue weighted by atomic mass is 10.2. The van der Waals surface area contributed by atoms with Crippen molar-refractivity contribution >= 4 is 17.4 Å². The van der Waals surface area contributed by atoms with Crippen molar-refractivity contribution in [3.63, 3.8) is 0 Å². The van der Waals surface area contributed by atoms with E-state index in [4.69, 9.17) is 16.3 Å². The molecule has 4 nitrogen and oxygen atoms in total. The Morgan fingerprint density at radius 1 is 1.53 bits per heavy atom. The summed E-state index contributed by atoms with van der Waals surface area (Å²) in [6.07, 6.45) is 8.65. The van der Waals surface area contributed by atoms with Crippen LogP contribution < -0.4 is 10.1 Å². The maximum atomic E-state index is 5.99. The minimum Gasteiger partial charge on any atom is -0.467 e. The fourth-order valence-electron chi connectivity index (χ4n) is 1.88. The van der Waals surface area contributed by atoms with Crippen LogP contribution in [-0.2, 0) is 0 Å². The monoisotopic (exact) mass is 253 g/mol. The minimum absolute atomic E-state index is 0.331. The van der Waals surface area contributed by atoms with Crippen molar-refractivity contribution < 1.29 is 4.74 Å². The van der Waals surface area contributed by atoms with Gasteiger partial charge in [-0.05, 0) is 25.7 Å². The van der Waals surface area contributed by atoms with E-state index in [9.17, 15) is 0 Å². The second-order valence-electron chi connectivity index (χ2n) is 3.98. The van der Waals surface area contributed by atoms with E-state index in [1.165, 1.54) is 31.9 Å². The zero-order chi connectivity index (χ0) is 12.1. The van der Waals surface area contributed by atoms with E-state index in [-0.39, 0.29) is 0 Å². The standard InChI is InChI=1S/C12H16ClN3O/c1-17-12-15-8-10(13)11(16-12)14-7-6-9-4-2-3-5-9/h4,8H,2-3,5-7H2,1H3,(H,14,15,16). The van der Waals surface area contributed by atoms with Crippen LogP contribution in [0.15, 0.2) is 17.8 Å². The topological polar surface area (TPSA) is 47.0 Å². The van der Waals surface area contributed by atoms with Crippen LogP contribution in [0.2, 0.25) is 5.02 Å². The van der Waals surface area contributed by atoms with E-state index in [1.807, 2.05) is 0 Å². The molecule has 2 rings (SSSR count). The summed E-state index contributed by atoms with van der Waals surface area (Å²) in [5.41, 5.74) is 1.52. The zero-order valence-electron chi connectivity index (χ0n) is 9.87. The number of methoxy groups -OCH3 is 1. The van der Waals surface area contributed by atoms with Gasteiger partial charge < -0.3 is 10.1 Å². The van der Waals surface area contributed by atoms with Gasteiger partial charge in [0.1, 0.15) is 5.02 Å². The molecule has 1 aromatic rings. The number of nitrogens with one attached hydrogen (secondary N) is 1. The molecule has 1 aliphatic rings. The number of nitrogens with zero attached hydrogens (tertiary/aromatic N) is 2. The molecule has 1 aromatic heterocycles. The molecule has 0 unspecified atom stereocenters. The summed E-state index contributed by atoms with van der Waals surface area (Å²) < 4.78 is 4.96. The lowest BCUT2D eigenvalue weighted by Crippen LogP contribution is -2.06. The highest BCUT2D eigenvalue weighted by Gasteiger charge is 2.07. The molecule has 17 heavy (non-hydrogen) atoms. The van der Waals surface area contributed by atoms with Crippen molar-refractivity contribution in [3.05, 3.63) is 22.9 Å². The Morgan fingerprint density at radius 2 is 2.41 bits per heavy atom. The van der Waals surface area contributed by atoms with Gasteiger partial charge >= 0.3 is 6.01 Å². The molecule has 0 aromatic carbocycles. The average Bonchev–Trinajstić information content (AvgIpc) is 2.84. The van der Waals surface area contributed by atoms with Crippen molar-refractivity contribution in [1.29, 1.82) is 0 Å². The van der Waals surface area contributed by atoms with Crippen LogP contribution in [0.1, 0.15) is 25.7 Å². The fraction of sp³-hybridized carbons (Fsp3) is 0.500. The van der Waals surface area contributed by atoms with Crippen molar-refractivity contribution in [2.75, 3.05) is 19.0 Å². The zero-order valence-corrected chi connectivity index (χ0v) is 10.6. The molecule has 0 saturated heterocycles. The number of halogens is 1. The summed E-state index contributed by atoms with van der Waals surface area (Å²) in [5, 5.41) is 3.73. The fourth-order valence-corrected chi connectivity index (χ4v) is 2.04. The van der Waals surface area contributed by atoms with Crippen LogP contribution >= 0.6 is 11.6 Å². The van der Waals surface area contributed by atoms with Gasteiger partial charge in [-0.2, -0.15) is 4.98 Å². The summed E-state index contributed by atoms with van der Waals surface area (Å²) in [7, 11) is 1.54. The molecule has 1 aliphatic carbocycles. The van der Waals surface area contributed by atoms with Gasteiger partial charge in [0, 0.05) is 6.54 Å². The van der Waals surface area contributed by atoms with Crippen LogP contribution in [0.3, 0.4) is 0 Å². The number of ether oxygens (including phenoxy) is 1. The molecule has 1 N–H and O–H groups in total. The van der Waals surface area contributed by atoms with E-state index < -0.39 is 0 Å². The Bertz CT molecular complexity index is 420. The van der Waals surface area contributed by atoms with Crippen molar-refractivity contribution in [2.45, 2.75) is 25.7 Å². The Labute approximate surface area is 106 Å². The Hall–Kier alpha value is -1.29. The largest absolute Gasteiger partial charge is 0.467 e. The smallest absolute Gasteiger partial charge is 0.318 e. The molecule has 0 fully saturated rings. The van der Waals surface area contributed by atoms with E-state index in [2.05, 4.69) is 21.4 Å². The van der Waals surface area contributed by atoms with Crippen LogP contribution in [0.25, 0.3) is 0 Å². The molecule has 0 spiro atoms. The third-order valence-corrected chi connectivity index (χ3v) is 3.05. The first-order chi connectivity index (χ1) is 8.29. The molecular weight excluding hydrogens is 238 g/mol. The summed E-state index contributed by atoms with van der Waals surface area (Å²) in [6, 6.07) is 0.331. The van der Waals surface area contributed by atoms with Gasteiger partial charge in [-0.3, -0.25) is 0 Å². The molecule has 0 saturated carbocycles. The normalized spacial score (nSPS) is 14.6. The summed E-state index contributed by atoms with van der Waals surface area (Å²) in [4.78, 5) is 8.09. The lowest BCUT2D eigenvalue weighted by Gasteiger charge is -2.08. The van der Waals surface area contributed by atoms with Crippen LogP contribution in [-0.4, -0.2) is 23.6 Å². The first kappa shape index (κ1) is 12.2. The Kier molecular flexibility index (Phi) is 4.20. The quantitative estimate of drug-likeness (QED) is 0.820. The van der Waals surface area contributed by atoms with Gasteiger partial charge in [-0.25, -0.2) is 4.98 Å². The van der Waals surface area contributed by atoms with Crippen molar-refractivity contribution in [2.24, 2.45) is 0 Å². The molecule has 92 valence electrons. The molecule has 1 heterocycles. The van der Waals surface area contributed by atoms with Crippen molar-refractivity contribution in [3.8, 4) is 6.01 Å². The third-order valence-electron chi connectivity index (χ3n) is 2.78. The molecular formula is C12H16ClN3O. The number of aromatic nitrogens is 2. The van der Waals surface area contributed by atoms with Gasteiger partial charge in [-0.1, -0.05) is 23.3 Å². The predicted octanol–water partition coefficient (Wildman–Crippen LogP) is 3.05. The highest BCUT2D eigenvalue weighted by Crippen LogP contribution is 2.22. The van der Waals surface area contributed by atoms with Crippen LogP contribution in [0, 0.1) is 0 Å². The summed E-state index contributed by atoms with van der Waals surface area (Å²) in [6.45, 7) is 0.839. The first-order valence-electron chi connectivity index (χ1n) is 5.78. The Morgan fingerprint density at radius 3 is 3.12 bits per heavy atom. The summed E-state index contributed by atoms with van der Waals surface area (Å²) in [5.74, 6) is 0.636. The highest BCUT2D eigenvalue weighted by atomic mass is 35.5. The molecule has 5 heteroatoms. The van der Waals surface area contributed by atoms with Gasteiger partial charge in [0.15, 0.2) is 5.82 Å². The van der Waals surface area contributed by atoms with E-state index in [0.717, 1.165) is 13.0 Å². The molecule has 0 radical (unpaired) electrons. The maximum Gasteiger partial charge on any atom is 0.318 e. The maximum absolute atomic E-state index is 5.99. The number of hydrogen-bond acceptors (Lipinski definition) is 4.